The smallest absolute Gasteiger partial charge is 0.240 e. The van der Waals surface area contributed by atoms with Gasteiger partial charge in [0.25, 0.3) is 0 Å². The highest BCUT2D eigenvalue weighted by molar-refractivity contribution is 14.1. The largest absolute Gasteiger partial charge is 0.494 e. The van der Waals surface area contributed by atoms with Crippen molar-refractivity contribution in [1.82, 2.24) is 0 Å². The van der Waals surface area contributed by atoms with Crippen molar-refractivity contribution in [2.75, 3.05) is 23.8 Å². The summed E-state index contributed by atoms with van der Waals surface area (Å²) in [5.74, 6) is -3.44. The molecular weight excluding hydrogens is 532 g/mol. The van der Waals surface area contributed by atoms with E-state index in [1.165, 1.54) is 26.3 Å². The zero-order chi connectivity index (χ0) is 22.3. The highest BCUT2D eigenvalue weighted by atomic mass is 127. The van der Waals surface area contributed by atoms with Gasteiger partial charge >= 0.3 is 0 Å². The summed E-state index contributed by atoms with van der Waals surface area (Å²) in [4.78, 5) is 0. The summed E-state index contributed by atoms with van der Waals surface area (Å²) < 4.78 is 75.9. The van der Waals surface area contributed by atoms with E-state index in [1.54, 1.807) is 6.07 Å². The average molecular weight is 554 g/mol. The lowest BCUT2D eigenvalue weighted by Gasteiger charge is -2.29. The van der Waals surface area contributed by atoms with E-state index in [2.05, 4.69) is 5.32 Å². The van der Waals surface area contributed by atoms with Crippen molar-refractivity contribution in [3.05, 3.63) is 45.3 Å². The van der Waals surface area contributed by atoms with Crippen LogP contribution in [0.15, 0.2) is 24.3 Å². The number of anilines is 3. The number of nitrogens with one attached hydrogen (secondary N) is 1. The molecule has 0 atom stereocenters. The minimum absolute atomic E-state index is 0.122. The normalized spacial score (nSPS) is 15.0. The molecule has 2 aromatic rings. The Morgan fingerprint density at radius 2 is 1.87 bits per heavy atom. The van der Waals surface area contributed by atoms with E-state index in [0.29, 0.717) is 29.3 Å². The molecule has 0 radical (unpaired) electrons. The fourth-order valence-electron chi connectivity index (χ4n) is 3.54. The van der Waals surface area contributed by atoms with Crippen molar-refractivity contribution < 1.29 is 26.3 Å². The molecule has 0 aliphatic heterocycles. The van der Waals surface area contributed by atoms with Crippen LogP contribution in [-0.2, 0) is 10.0 Å². The quantitative estimate of drug-likeness (QED) is 0.435. The van der Waals surface area contributed by atoms with Crippen molar-refractivity contribution in [3.63, 3.8) is 0 Å². The maximum Gasteiger partial charge on any atom is 0.240 e. The van der Waals surface area contributed by atoms with Gasteiger partial charge in [0.15, 0.2) is 11.6 Å². The summed E-state index contributed by atoms with van der Waals surface area (Å²) in [6.07, 6.45) is 2.11. The summed E-state index contributed by atoms with van der Waals surface area (Å²) in [6.45, 7) is 1.89. The van der Waals surface area contributed by atoms with E-state index in [1.807, 2.05) is 29.5 Å². The topological polar surface area (TPSA) is 58.6 Å². The van der Waals surface area contributed by atoms with E-state index in [-0.39, 0.29) is 17.1 Å². The number of ether oxygens (including phenoxy) is 1. The first-order chi connectivity index (χ1) is 14.1. The molecule has 0 amide bonds. The SMILES string of the molecule is CCCC1(S(=O)(=O)N(C)c2c(OC)cc(F)c(F)c2Nc2ccc(I)cc2F)CC1. The molecule has 1 aliphatic carbocycles. The van der Waals surface area contributed by atoms with Crippen LogP contribution in [0.25, 0.3) is 0 Å². The van der Waals surface area contributed by atoms with E-state index in [4.69, 9.17) is 4.74 Å². The van der Waals surface area contributed by atoms with Crippen LogP contribution in [0.2, 0.25) is 0 Å². The summed E-state index contributed by atoms with van der Waals surface area (Å²) in [5, 5.41) is 2.53. The first-order valence-electron chi connectivity index (χ1n) is 9.34. The van der Waals surface area contributed by atoms with Gasteiger partial charge in [-0.15, -0.1) is 0 Å². The maximum absolute atomic E-state index is 14.8. The van der Waals surface area contributed by atoms with Gasteiger partial charge in [-0.05, 0) is 60.1 Å². The zero-order valence-electron chi connectivity index (χ0n) is 16.7. The number of halogens is 4. The first kappa shape index (κ1) is 23.0. The Labute approximate surface area is 187 Å². The molecule has 0 unspecified atom stereocenters. The van der Waals surface area contributed by atoms with Crippen LogP contribution in [0.1, 0.15) is 32.6 Å². The second-order valence-corrected chi connectivity index (χ2v) is 10.9. The standard InChI is InChI=1S/C20H22F3IN2O3S/c1-4-7-20(8-9-20)30(27,28)26(2)19-16(29-3)11-14(22)17(23)18(19)25-15-6-5-12(24)10-13(15)21/h5-6,10-11,25H,4,7-9H2,1-3H3. The Bertz CT molecular complexity index is 1080. The Morgan fingerprint density at radius 1 is 1.20 bits per heavy atom. The number of benzene rings is 2. The lowest BCUT2D eigenvalue weighted by Crippen LogP contribution is -2.38. The van der Waals surface area contributed by atoms with Crippen molar-refractivity contribution in [1.29, 1.82) is 0 Å². The van der Waals surface area contributed by atoms with E-state index >= 15 is 0 Å². The van der Waals surface area contributed by atoms with Gasteiger partial charge in [0.05, 0.1) is 17.5 Å². The molecule has 0 bridgehead atoms. The van der Waals surface area contributed by atoms with Crippen LogP contribution >= 0.6 is 22.6 Å². The number of sulfonamides is 1. The third-order valence-electron chi connectivity index (χ3n) is 5.30. The summed E-state index contributed by atoms with van der Waals surface area (Å²) >= 11 is 1.92. The zero-order valence-corrected chi connectivity index (χ0v) is 19.7. The van der Waals surface area contributed by atoms with E-state index < -0.39 is 37.9 Å². The van der Waals surface area contributed by atoms with Crippen LogP contribution < -0.4 is 14.4 Å². The molecule has 1 fully saturated rings. The molecule has 164 valence electrons. The predicted octanol–water partition coefficient (Wildman–Crippen LogP) is 5.56. The van der Waals surface area contributed by atoms with Crippen molar-refractivity contribution >= 4 is 49.7 Å². The number of hydrogen-bond acceptors (Lipinski definition) is 4. The molecule has 0 heterocycles. The third kappa shape index (κ3) is 3.95. The molecule has 10 heteroatoms. The molecule has 1 aliphatic rings. The number of hydrogen-bond donors (Lipinski definition) is 1. The van der Waals surface area contributed by atoms with Crippen LogP contribution in [0.4, 0.5) is 30.2 Å². The lowest BCUT2D eigenvalue weighted by atomic mass is 10.2. The van der Waals surface area contributed by atoms with Crippen molar-refractivity contribution in [2.45, 2.75) is 37.4 Å². The molecule has 5 nitrogen and oxygen atoms in total. The van der Waals surface area contributed by atoms with Gasteiger partial charge in [0.1, 0.15) is 22.9 Å². The Morgan fingerprint density at radius 3 is 2.40 bits per heavy atom. The average Bonchev–Trinajstić information content (AvgIpc) is 3.48. The molecule has 2 aromatic carbocycles. The molecular formula is C20H22F3IN2O3S. The Hall–Kier alpha value is -1.69. The highest BCUT2D eigenvalue weighted by Gasteiger charge is 2.56. The van der Waals surface area contributed by atoms with Crippen LogP contribution in [0.5, 0.6) is 5.75 Å². The van der Waals surface area contributed by atoms with Crippen molar-refractivity contribution in [2.24, 2.45) is 0 Å². The number of nitrogens with zero attached hydrogens (tertiary/aromatic N) is 1. The van der Waals surface area contributed by atoms with Gasteiger partial charge in [-0.25, -0.2) is 21.6 Å². The first-order valence-corrected chi connectivity index (χ1v) is 11.9. The minimum Gasteiger partial charge on any atom is -0.494 e. The lowest BCUT2D eigenvalue weighted by molar-refractivity contribution is 0.408. The fraction of sp³-hybridized carbons (Fsp3) is 0.400. The van der Waals surface area contributed by atoms with Crippen LogP contribution in [0, 0.1) is 21.0 Å². The fourth-order valence-corrected chi connectivity index (χ4v) is 6.08. The van der Waals surface area contributed by atoms with E-state index in [9.17, 15) is 21.6 Å². The van der Waals surface area contributed by atoms with Gasteiger partial charge in [0, 0.05) is 16.7 Å². The van der Waals surface area contributed by atoms with Crippen LogP contribution in [0.3, 0.4) is 0 Å². The number of methoxy groups -OCH3 is 1. The molecule has 0 aromatic heterocycles. The van der Waals surface area contributed by atoms with Gasteiger partial charge in [-0.1, -0.05) is 13.3 Å². The molecule has 1 N–H and O–H groups in total. The molecule has 1 saturated carbocycles. The molecule has 30 heavy (non-hydrogen) atoms. The van der Waals surface area contributed by atoms with Gasteiger partial charge in [-0.2, -0.15) is 0 Å². The molecule has 0 spiro atoms. The Kier molecular flexibility index (Phi) is 6.47. The highest BCUT2D eigenvalue weighted by Crippen LogP contribution is 2.51. The second-order valence-electron chi connectivity index (χ2n) is 7.25. The van der Waals surface area contributed by atoms with E-state index in [0.717, 1.165) is 10.4 Å². The number of rotatable bonds is 8. The van der Waals surface area contributed by atoms with Gasteiger partial charge in [-0.3, -0.25) is 4.31 Å². The second kappa shape index (κ2) is 8.45. The maximum atomic E-state index is 14.8. The Balaban J connectivity index is 2.17. The van der Waals surface area contributed by atoms with Crippen LogP contribution in [-0.4, -0.2) is 27.3 Å². The van der Waals surface area contributed by atoms with Crippen molar-refractivity contribution in [3.8, 4) is 5.75 Å². The predicted molar refractivity (Wildman–Crippen MR) is 120 cm³/mol. The summed E-state index contributed by atoms with van der Waals surface area (Å²) in [6, 6.07) is 4.95. The van der Waals surface area contributed by atoms with Gasteiger partial charge in [0.2, 0.25) is 10.0 Å². The summed E-state index contributed by atoms with van der Waals surface area (Å²) in [5.41, 5.74) is -0.842. The summed E-state index contributed by atoms with van der Waals surface area (Å²) in [7, 11) is -1.41. The monoisotopic (exact) mass is 554 g/mol. The van der Waals surface area contributed by atoms with Gasteiger partial charge < -0.3 is 10.1 Å². The third-order valence-corrected chi connectivity index (χ3v) is 8.59. The molecule has 3 rings (SSSR count). The minimum atomic E-state index is -3.91. The molecule has 0 saturated heterocycles.